The molecule has 4 aromatic rings. The number of carbonyl (C=O) groups excluding carboxylic acids is 4. The molecule has 0 radical (unpaired) electrons. The second-order valence-corrected chi connectivity index (χ2v) is 18.5. The number of nitrogens with zero attached hydrogens (tertiary/aromatic N) is 4. The topological polar surface area (TPSA) is 177 Å². The number of anilines is 2. The highest BCUT2D eigenvalue weighted by atomic mass is 32.1. The predicted molar refractivity (Wildman–Crippen MR) is 223 cm³/mol. The monoisotopic (exact) mass is 861 g/mol. The van der Waals surface area contributed by atoms with Crippen LogP contribution in [-0.2, 0) is 21.4 Å². The van der Waals surface area contributed by atoms with E-state index in [4.69, 9.17) is 4.98 Å². The molecule has 2 aliphatic heterocycles. The van der Waals surface area contributed by atoms with Crippen LogP contribution in [-0.4, -0.2) is 85.3 Å². The van der Waals surface area contributed by atoms with Crippen LogP contribution in [0.15, 0.2) is 48.5 Å². The van der Waals surface area contributed by atoms with E-state index in [2.05, 4.69) is 32.9 Å². The van der Waals surface area contributed by atoms with E-state index in [0.717, 1.165) is 79.8 Å². The molecule has 0 bridgehead atoms. The van der Waals surface area contributed by atoms with Crippen molar-refractivity contribution in [1.82, 2.24) is 25.1 Å². The number of amides is 4. The van der Waals surface area contributed by atoms with Gasteiger partial charge in [-0.25, -0.2) is 9.97 Å². The fraction of sp³-hybridized carbons (Fsp3) is 0.500. The molecule has 3 fully saturated rings. The SMILES string of the molecule is CN(CC1CCC(c2nc3cc(C(C)(C)O)c(NC(=O)c4cccc(C(F)(F)F)n4)cc3s2)CC1)C1CCC(Nc2cccc3c2C(=O)N(C2CCC(=O)NC2=O)C3O)CC1. The van der Waals surface area contributed by atoms with Crippen molar-refractivity contribution < 1.29 is 42.6 Å². The third-order valence-electron chi connectivity index (χ3n) is 12.8. The molecular weight excluding hydrogens is 812 g/mol. The Morgan fingerprint density at radius 3 is 2.36 bits per heavy atom. The largest absolute Gasteiger partial charge is 0.433 e. The first kappa shape index (κ1) is 42.7. The van der Waals surface area contributed by atoms with Crippen LogP contribution in [0.5, 0.6) is 0 Å². The van der Waals surface area contributed by atoms with Gasteiger partial charge in [-0.15, -0.1) is 11.3 Å². The maximum Gasteiger partial charge on any atom is 0.433 e. The molecule has 0 spiro atoms. The standard InChI is InChI=1S/C44H50F3N7O6S/c1-43(2,60)28-20-32-34(21-31(28)50-38(56)30-8-5-9-35(49-30)44(45,46)47)61-40(51-32)24-12-10-23(11-13-24)22-53(3)26-16-14-25(15-17-26)48-29-7-4-6-27-37(29)42(59)54(41(27)58)33-18-19-36(55)52-39(33)57/h4-9,20-21,23-26,33,41,48,58,60H,10-19,22H2,1-3H3,(H,50,56)(H,52,55,57). The summed E-state index contributed by atoms with van der Waals surface area (Å²) < 4.78 is 40.6. The van der Waals surface area contributed by atoms with Gasteiger partial charge in [0.1, 0.15) is 17.4 Å². The number of fused-ring (bicyclic) bond motifs is 2. The van der Waals surface area contributed by atoms with Crippen LogP contribution in [0.3, 0.4) is 0 Å². The zero-order valence-electron chi connectivity index (χ0n) is 34.2. The number of aliphatic hydroxyl groups is 2. The van der Waals surface area contributed by atoms with Crippen molar-refractivity contribution in [2.75, 3.05) is 24.2 Å². The van der Waals surface area contributed by atoms with E-state index in [1.54, 1.807) is 38.1 Å². The van der Waals surface area contributed by atoms with Crippen LogP contribution in [0.2, 0.25) is 0 Å². The Morgan fingerprint density at radius 2 is 1.67 bits per heavy atom. The highest BCUT2D eigenvalue weighted by Gasteiger charge is 2.46. The second-order valence-electron chi connectivity index (χ2n) is 17.5. The Bertz CT molecular complexity index is 2350. The van der Waals surface area contributed by atoms with Crippen LogP contribution in [0.1, 0.15) is 133 Å². The van der Waals surface area contributed by atoms with Gasteiger partial charge >= 0.3 is 6.18 Å². The lowest BCUT2D eigenvalue weighted by molar-refractivity contribution is -0.141. The third-order valence-corrected chi connectivity index (χ3v) is 14.0. The van der Waals surface area contributed by atoms with Gasteiger partial charge in [0.25, 0.3) is 11.8 Å². The number of hydrogen-bond acceptors (Lipinski definition) is 11. The molecule has 2 aromatic heterocycles. The van der Waals surface area contributed by atoms with E-state index in [-0.39, 0.29) is 42.1 Å². The van der Waals surface area contributed by atoms with Crippen molar-refractivity contribution >= 4 is 56.6 Å². The normalized spacial score (nSPS) is 24.9. The lowest BCUT2D eigenvalue weighted by Gasteiger charge is -2.38. The van der Waals surface area contributed by atoms with Gasteiger partial charge in [-0.3, -0.25) is 29.4 Å². The number of thiazole rings is 1. The molecule has 1 saturated heterocycles. The van der Waals surface area contributed by atoms with Gasteiger partial charge in [0.05, 0.1) is 26.4 Å². The maximum absolute atomic E-state index is 13.6. The Hall–Kier alpha value is -4.97. The average Bonchev–Trinajstić information content (AvgIpc) is 3.75. The van der Waals surface area contributed by atoms with Gasteiger partial charge in [0, 0.05) is 53.5 Å². The van der Waals surface area contributed by atoms with Gasteiger partial charge in [0.2, 0.25) is 11.8 Å². The summed E-state index contributed by atoms with van der Waals surface area (Å²) in [6.07, 6.45) is 2.20. The number of piperidine rings is 1. The smallest absolute Gasteiger partial charge is 0.386 e. The zero-order valence-corrected chi connectivity index (χ0v) is 35.0. The fourth-order valence-electron chi connectivity index (χ4n) is 9.50. The van der Waals surface area contributed by atoms with Crippen molar-refractivity contribution in [3.05, 3.63) is 81.6 Å². The molecule has 2 aliphatic carbocycles. The number of nitrogens with one attached hydrogen (secondary N) is 3. The Balaban J connectivity index is 0.845. The van der Waals surface area contributed by atoms with Crippen LogP contribution >= 0.6 is 11.3 Å². The second kappa shape index (κ2) is 16.7. The summed E-state index contributed by atoms with van der Waals surface area (Å²) in [6, 6.07) is 11.6. The summed E-state index contributed by atoms with van der Waals surface area (Å²) in [5.41, 5.74) is -0.0770. The number of carbonyl (C=O) groups is 4. The van der Waals surface area contributed by atoms with Gasteiger partial charge in [0.15, 0.2) is 6.23 Å². The minimum Gasteiger partial charge on any atom is -0.386 e. The van der Waals surface area contributed by atoms with Gasteiger partial charge in [-0.05, 0) is 115 Å². The quantitative estimate of drug-likeness (QED) is 0.104. The molecule has 8 rings (SSSR count). The lowest BCUT2D eigenvalue weighted by Crippen LogP contribution is -2.53. The molecule has 61 heavy (non-hydrogen) atoms. The van der Waals surface area contributed by atoms with E-state index < -0.39 is 47.5 Å². The van der Waals surface area contributed by atoms with E-state index in [1.165, 1.54) is 22.3 Å². The third kappa shape index (κ3) is 8.88. The Morgan fingerprint density at radius 1 is 0.951 bits per heavy atom. The van der Waals surface area contributed by atoms with Crippen LogP contribution < -0.4 is 16.0 Å². The summed E-state index contributed by atoms with van der Waals surface area (Å²) in [5, 5.41) is 31.6. The molecule has 2 atom stereocenters. The van der Waals surface area contributed by atoms with Crippen LogP contribution in [0.4, 0.5) is 24.5 Å². The highest BCUT2D eigenvalue weighted by molar-refractivity contribution is 7.18. The van der Waals surface area contributed by atoms with Crippen molar-refractivity contribution in [3.8, 4) is 0 Å². The number of aliphatic hydroxyl groups excluding tert-OH is 1. The summed E-state index contributed by atoms with van der Waals surface area (Å²) in [5.74, 6) is -1.38. The predicted octanol–water partition coefficient (Wildman–Crippen LogP) is 7.07. The van der Waals surface area contributed by atoms with E-state index in [1.807, 2.05) is 6.07 Å². The number of imide groups is 1. The van der Waals surface area contributed by atoms with Crippen molar-refractivity contribution in [3.63, 3.8) is 0 Å². The van der Waals surface area contributed by atoms with Gasteiger partial charge < -0.3 is 25.7 Å². The van der Waals surface area contributed by atoms with Gasteiger partial charge in [-0.1, -0.05) is 18.2 Å². The molecular formula is C44H50F3N7O6S. The molecule has 2 unspecified atom stereocenters. The van der Waals surface area contributed by atoms with Crippen LogP contribution in [0.25, 0.3) is 10.2 Å². The van der Waals surface area contributed by atoms with E-state index in [9.17, 15) is 42.6 Å². The summed E-state index contributed by atoms with van der Waals surface area (Å²) >= 11 is 1.53. The number of alkyl halides is 3. The molecule has 2 saturated carbocycles. The molecule has 2 aromatic carbocycles. The Kier molecular flexibility index (Phi) is 11.7. The molecule has 13 nitrogen and oxygen atoms in total. The molecule has 5 N–H and O–H groups in total. The summed E-state index contributed by atoms with van der Waals surface area (Å²) in [6.45, 7) is 4.14. The maximum atomic E-state index is 13.6. The molecule has 4 aliphatic rings. The minimum absolute atomic E-state index is 0.107. The number of hydrogen-bond donors (Lipinski definition) is 5. The molecule has 17 heteroatoms. The number of aromatic nitrogens is 2. The highest BCUT2D eigenvalue weighted by Crippen LogP contribution is 2.43. The van der Waals surface area contributed by atoms with Crippen LogP contribution in [0, 0.1) is 5.92 Å². The first-order valence-electron chi connectivity index (χ1n) is 20.9. The summed E-state index contributed by atoms with van der Waals surface area (Å²) in [4.78, 5) is 63.2. The fourth-order valence-corrected chi connectivity index (χ4v) is 10.7. The van der Waals surface area contributed by atoms with Crippen molar-refractivity contribution in [2.45, 2.75) is 120 Å². The van der Waals surface area contributed by atoms with Crippen molar-refractivity contribution in [2.24, 2.45) is 5.92 Å². The number of rotatable bonds is 10. The number of benzene rings is 2. The lowest BCUT2D eigenvalue weighted by atomic mass is 9.81. The van der Waals surface area contributed by atoms with E-state index in [0.29, 0.717) is 39.9 Å². The van der Waals surface area contributed by atoms with Gasteiger partial charge in [-0.2, -0.15) is 13.2 Å². The molecule has 4 heterocycles. The first-order valence-corrected chi connectivity index (χ1v) is 21.7. The van der Waals surface area contributed by atoms with Crippen molar-refractivity contribution in [1.29, 1.82) is 0 Å². The first-order chi connectivity index (χ1) is 28.9. The van der Waals surface area contributed by atoms with E-state index >= 15 is 0 Å². The molecule has 324 valence electrons. The Labute approximate surface area is 355 Å². The zero-order chi connectivity index (χ0) is 43.4. The number of halogens is 3. The average molecular weight is 862 g/mol. The summed E-state index contributed by atoms with van der Waals surface area (Å²) in [7, 11) is 2.20. The minimum atomic E-state index is -4.70. The number of pyridine rings is 1. The molecule has 4 amide bonds.